The molecule has 1 unspecified atom stereocenters. The van der Waals surface area contributed by atoms with Crippen molar-refractivity contribution in [2.45, 2.75) is 31.7 Å². The Bertz CT molecular complexity index is 957. The van der Waals surface area contributed by atoms with E-state index in [1.54, 1.807) is 29.5 Å². The molecule has 1 fully saturated rings. The molecule has 1 atom stereocenters. The summed E-state index contributed by atoms with van der Waals surface area (Å²) in [6.45, 7) is 1.51. The normalized spacial score (nSPS) is 21.3. The van der Waals surface area contributed by atoms with Crippen LogP contribution in [0.2, 0.25) is 5.02 Å². The number of rotatable bonds is 3. The summed E-state index contributed by atoms with van der Waals surface area (Å²) in [5, 5.41) is 8.01. The maximum Gasteiger partial charge on any atom is 0.325 e. The Morgan fingerprint density at radius 1 is 1.37 bits per heavy atom. The largest absolute Gasteiger partial charge is 0.325 e. The van der Waals surface area contributed by atoms with E-state index >= 15 is 0 Å². The first-order valence-corrected chi connectivity index (χ1v) is 9.93. The molecule has 0 bridgehead atoms. The van der Waals surface area contributed by atoms with Gasteiger partial charge in [-0.15, -0.1) is 11.3 Å². The summed E-state index contributed by atoms with van der Waals surface area (Å²) < 4.78 is 0. The molecule has 8 heteroatoms. The summed E-state index contributed by atoms with van der Waals surface area (Å²) in [5.41, 5.74) is 1.24. The van der Waals surface area contributed by atoms with Crippen LogP contribution in [0.1, 0.15) is 28.8 Å². The molecule has 1 aromatic carbocycles. The summed E-state index contributed by atoms with van der Waals surface area (Å²) in [4.78, 5) is 40.2. The van der Waals surface area contributed by atoms with Crippen molar-refractivity contribution < 1.29 is 14.4 Å². The van der Waals surface area contributed by atoms with Gasteiger partial charge >= 0.3 is 6.03 Å². The number of aryl methyl sites for hydroxylation is 2. The first-order chi connectivity index (χ1) is 12.9. The lowest BCUT2D eigenvalue weighted by Gasteiger charge is -2.31. The molecule has 1 aliphatic carbocycles. The van der Waals surface area contributed by atoms with Gasteiger partial charge in [-0.1, -0.05) is 17.7 Å². The summed E-state index contributed by atoms with van der Waals surface area (Å²) >= 11 is 7.57. The van der Waals surface area contributed by atoms with Gasteiger partial charge in [0.05, 0.1) is 0 Å². The lowest BCUT2D eigenvalue weighted by Crippen LogP contribution is -2.46. The minimum Gasteiger partial charge on any atom is -0.324 e. The third-order valence-corrected chi connectivity index (χ3v) is 6.33. The van der Waals surface area contributed by atoms with Gasteiger partial charge < -0.3 is 10.6 Å². The number of hydrogen-bond donors (Lipinski definition) is 2. The van der Waals surface area contributed by atoms with Crippen LogP contribution in [-0.2, 0) is 21.5 Å². The standard InChI is InChI=1S/C19H18ClN3O3S/c1-11-4-5-12(20)9-14(11)21-16(24)10-23-17(25)19(22-18(23)26)7-2-3-15-13(19)6-8-27-15/h4-6,8-9H,2-3,7,10H2,1H3,(H,21,24)(H,22,26). The zero-order valence-electron chi connectivity index (χ0n) is 14.7. The molecule has 1 aromatic heterocycles. The lowest BCUT2D eigenvalue weighted by atomic mass is 9.80. The lowest BCUT2D eigenvalue weighted by molar-refractivity contribution is -0.134. The number of carbonyl (C=O) groups is 3. The van der Waals surface area contributed by atoms with E-state index < -0.39 is 17.5 Å². The quantitative estimate of drug-likeness (QED) is 0.770. The first kappa shape index (κ1) is 18.0. The van der Waals surface area contributed by atoms with Crippen LogP contribution >= 0.6 is 22.9 Å². The summed E-state index contributed by atoms with van der Waals surface area (Å²) in [6, 6.07) is 6.53. The third-order valence-electron chi connectivity index (χ3n) is 5.11. The number of carbonyl (C=O) groups excluding carboxylic acids is 3. The highest BCUT2D eigenvalue weighted by molar-refractivity contribution is 7.10. The Morgan fingerprint density at radius 2 is 2.19 bits per heavy atom. The summed E-state index contributed by atoms with van der Waals surface area (Å²) in [6.07, 6.45) is 2.28. The molecular formula is C19H18ClN3O3S. The fourth-order valence-electron chi connectivity index (χ4n) is 3.75. The SMILES string of the molecule is Cc1ccc(Cl)cc1NC(=O)CN1C(=O)NC2(CCCc3sccc32)C1=O. The van der Waals surface area contributed by atoms with E-state index in [0.29, 0.717) is 17.1 Å². The van der Waals surface area contributed by atoms with E-state index in [0.717, 1.165) is 33.7 Å². The minimum atomic E-state index is -1.03. The molecule has 140 valence electrons. The predicted octanol–water partition coefficient (Wildman–Crippen LogP) is 3.43. The molecule has 27 heavy (non-hydrogen) atoms. The van der Waals surface area contributed by atoms with Crippen molar-refractivity contribution in [2.24, 2.45) is 0 Å². The number of benzene rings is 1. The number of nitrogens with one attached hydrogen (secondary N) is 2. The number of amides is 4. The van der Waals surface area contributed by atoms with Crippen LogP contribution in [0.15, 0.2) is 29.6 Å². The van der Waals surface area contributed by atoms with E-state index in [9.17, 15) is 14.4 Å². The molecule has 4 rings (SSSR count). The molecule has 2 aliphatic rings. The summed E-state index contributed by atoms with van der Waals surface area (Å²) in [7, 11) is 0. The molecule has 0 saturated carbocycles. The average molecular weight is 404 g/mol. The van der Waals surface area contributed by atoms with Gasteiger partial charge in [-0.25, -0.2) is 4.79 Å². The zero-order valence-corrected chi connectivity index (χ0v) is 16.2. The van der Waals surface area contributed by atoms with E-state index in [1.807, 2.05) is 18.4 Å². The highest BCUT2D eigenvalue weighted by atomic mass is 35.5. The van der Waals surface area contributed by atoms with E-state index in [2.05, 4.69) is 10.6 Å². The van der Waals surface area contributed by atoms with Crippen LogP contribution in [0.5, 0.6) is 0 Å². The Balaban J connectivity index is 1.54. The minimum absolute atomic E-state index is 0.335. The van der Waals surface area contributed by atoms with Crippen molar-refractivity contribution in [1.82, 2.24) is 10.2 Å². The maximum atomic E-state index is 13.1. The molecule has 2 heterocycles. The fourth-order valence-corrected chi connectivity index (χ4v) is 4.92. The first-order valence-electron chi connectivity index (χ1n) is 8.68. The molecule has 2 N–H and O–H groups in total. The number of hydrogen-bond acceptors (Lipinski definition) is 4. The number of halogens is 1. The van der Waals surface area contributed by atoms with E-state index in [1.165, 1.54) is 0 Å². The van der Waals surface area contributed by atoms with Gasteiger partial charge in [-0.05, 0) is 55.3 Å². The molecular weight excluding hydrogens is 386 g/mol. The Hall–Kier alpha value is -2.38. The molecule has 0 radical (unpaired) electrons. The van der Waals surface area contributed by atoms with Crippen LogP contribution < -0.4 is 10.6 Å². The number of nitrogens with zero attached hydrogens (tertiary/aromatic N) is 1. The highest BCUT2D eigenvalue weighted by Gasteiger charge is 2.54. The number of fused-ring (bicyclic) bond motifs is 2. The van der Waals surface area contributed by atoms with Crippen molar-refractivity contribution in [3.63, 3.8) is 0 Å². The van der Waals surface area contributed by atoms with Crippen molar-refractivity contribution in [1.29, 1.82) is 0 Å². The molecule has 1 spiro atoms. The van der Waals surface area contributed by atoms with Crippen molar-refractivity contribution >= 4 is 46.5 Å². The number of anilines is 1. The molecule has 1 saturated heterocycles. The van der Waals surface area contributed by atoms with E-state index in [-0.39, 0.29) is 12.5 Å². The highest BCUT2D eigenvalue weighted by Crippen LogP contribution is 2.42. The van der Waals surface area contributed by atoms with Gasteiger partial charge in [0.2, 0.25) is 5.91 Å². The second-order valence-electron chi connectivity index (χ2n) is 6.85. The van der Waals surface area contributed by atoms with Gasteiger partial charge in [0.15, 0.2) is 0 Å². The molecule has 2 aromatic rings. The van der Waals surface area contributed by atoms with Crippen molar-refractivity contribution in [3.8, 4) is 0 Å². The van der Waals surface area contributed by atoms with Crippen LogP contribution in [0.3, 0.4) is 0 Å². The Labute approximate surface area is 165 Å². The van der Waals surface area contributed by atoms with Crippen LogP contribution in [-0.4, -0.2) is 29.3 Å². The van der Waals surface area contributed by atoms with Gasteiger partial charge in [0, 0.05) is 21.2 Å². The summed E-state index contributed by atoms with van der Waals surface area (Å²) in [5.74, 6) is -0.799. The molecule has 4 amide bonds. The van der Waals surface area contributed by atoms with Gasteiger partial charge in [0.25, 0.3) is 5.91 Å². The van der Waals surface area contributed by atoms with Crippen LogP contribution in [0, 0.1) is 6.92 Å². The predicted molar refractivity (Wildman–Crippen MR) is 104 cm³/mol. The van der Waals surface area contributed by atoms with Crippen molar-refractivity contribution in [2.75, 3.05) is 11.9 Å². The number of urea groups is 1. The van der Waals surface area contributed by atoms with Crippen LogP contribution in [0.4, 0.5) is 10.5 Å². The van der Waals surface area contributed by atoms with Crippen LogP contribution in [0.25, 0.3) is 0 Å². The number of imide groups is 1. The fraction of sp³-hybridized carbons (Fsp3) is 0.316. The topological polar surface area (TPSA) is 78.5 Å². The molecule has 1 aliphatic heterocycles. The average Bonchev–Trinajstić information content (AvgIpc) is 3.19. The Morgan fingerprint density at radius 3 is 3.00 bits per heavy atom. The zero-order chi connectivity index (χ0) is 19.2. The Kier molecular flexibility index (Phi) is 4.44. The number of thiophene rings is 1. The van der Waals surface area contributed by atoms with Crippen molar-refractivity contribution in [3.05, 3.63) is 50.7 Å². The van der Waals surface area contributed by atoms with Gasteiger partial charge in [-0.3, -0.25) is 14.5 Å². The van der Waals surface area contributed by atoms with Gasteiger partial charge in [0.1, 0.15) is 12.1 Å². The molecule has 6 nitrogen and oxygen atoms in total. The van der Waals surface area contributed by atoms with E-state index in [4.69, 9.17) is 11.6 Å². The second-order valence-corrected chi connectivity index (χ2v) is 8.28. The van der Waals surface area contributed by atoms with Gasteiger partial charge in [-0.2, -0.15) is 0 Å². The maximum absolute atomic E-state index is 13.1. The second kappa shape index (κ2) is 6.65. The monoisotopic (exact) mass is 403 g/mol. The smallest absolute Gasteiger partial charge is 0.324 e. The third kappa shape index (κ3) is 3.00.